The first-order valence-corrected chi connectivity index (χ1v) is 8.78. The molecule has 2 aromatic rings. The van der Waals surface area contributed by atoms with E-state index in [0.717, 1.165) is 36.8 Å². The number of aliphatic hydroxyl groups excluding tert-OH is 1. The fourth-order valence-corrected chi connectivity index (χ4v) is 3.10. The summed E-state index contributed by atoms with van der Waals surface area (Å²) in [6.07, 6.45) is 5.90. The van der Waals surface area contributed by atoms with Crippen LogP contribution in [0.5, 0.6) is 0 Å². The number of aldehydes is 1. The van der Waals surface area contributed by atoms with Crippen molar-refractivity contribution in [3.63, 3.8) is 0 Å². The molecule has 0 unspecified atom stereocenters. The quantitative estimate of drug-likeness (QED) is 0.805. The average Bonchev–Trinajstić information content (AvgIpc) is 2.68. The predicted octanol–water partition coefficient (Wildman–Crippen LogP) is 2.72. The van der Waals surface area contributed by atoms with Crippen molar-refractivity contribution in [2.45, 2.75) is 39.2 Å². The van der Waals surface area contributed by atoms with Gasteiger partial charge in [0.05, 0.1) is 6.61 Å². The number of rotatable bonds is 5. The molecular formula is C19H22N4O3. The topological polar surface area (TPSA) is 95.4 Å². The van der Waals surface area contributed by atoms with Crippen molar-refractivity contribution in [3.05, 3.63) is 46.8 Å². The SMILES string of the molecule is CCCc1ccc(NC(=O)N2CCCc3cc(CO)c(C=O)nc32)nc1. The maximum Gasteiger partial charge on any atom is 0.328 e. The van der Waals surface area contributed by atoms with Gasteiger partial charge in [0.1, 0.15) is 17.3 Å². The maximum atomic E-state index is 12.7. The zero-order valence-electron chi connectivity index (χ0n) is 14.7. The molecule has 7 nitrogen and oxygen atoms in total. The number of aromatic nitrogens is 2. The molecule has 2 amide bonds. The van der Waals surface area contributed by atoms with Crippen LogP contribution in [-0.2, 0) is 19.4 Å². The molecular weight excluding hydrogens is 332 g/mol. The van der Waals surface area contributed by atoms with Crippen LogP contribution in [-0.4, -0.2) is 33.9 Å². The van der Waals surface area contributed by atoms with Gasteiger partial charge in [0, 0.05) is 18.3 Å². The number of pyridine rings is 2. The molecule has 1 aliphatic rings. The number of carbonyl (C=O) groups excluding carboxylic acids is 2. The van der Waals surface area contributed by atoms with Crippen LogP contribution < -0.4 is 10.2 Å². The van der Waals surface area contributed by atoms with Crippen LogP contribution in [0.1, 0.15) is 46.9 Å². The van der Waals surface area contributed by atoms with E-state index < -0.39 is 0 Å². The van der Waals surface area contributed by atoms with E-state index in [1.54, 1.807) is 18.3 Å². The molecule has 3 heterocycles. The highest BCUT2D eigenvalue weighted by atomic mass is 16.3. The van der Waals surface area contributed by atoms with Crippen LogP contribution in [0.25, 0.3) is 0 Å². The number of hydrogen-bond donors (Lipinski definition) is 2. The molecule has 0 atom stereocenters. The Morgan fingerprint density at radius 3 is 2.92 bits per heavy atom. The van der Waals surface area contributed by atoms with Crippen molar-refractivity contribution in [3.8, 4) is 0 Å². The summed E-state index contributed by atoms with van der Waals surface area (Å²) in [5.74, 6) is 0.945. The fourth-order valence-electron chi connectivity index (χ4n) is 3.10. The number of fused-ring (bicyclic) bond motifs is 1. The molecule has 0 saturated heterocycles. The number of anilines is 2. The van der Waals surface area contributed by atoms with Gasteiger partial charge in [-0.1, -0.05) is 19.4 Å². The minimum absolute atomic E-state index is 0.160. The number of aryl methyl sites for hydroxylation is 2. The van der Waals surface area contributed by atoms with Crippen LogP contribution in [0.2, 0.25) is 0 Å². The molecule has 7 heteroatoms. The third-order valence-electron chi connectivity index (χ3n) is 4.40. The number of carbonyl (C=O) groups is 2. The van der Waals surface area contributed by atoms with Crippen LogP contribution in [0.15, 0.2) is 24.4 Å². The highest BCUT2D eigenvalue weighted by Crippen LogP contribution is 2.27. The highest BCUT2D eigenvalue weighted by Gasteiger charge is 2.26. The van der Waals surface area contributed by atoms with E-state index in [1.165, 1.54) is 4.90 Å². The minimum atomic E-state index is -0.331. The fraction of sp³-hybridized carbons (Fsp3) is 0.368. The van der Waals surface area contributed by atoms with Crippen molar-refractivity contribution in [2.24, 2.45) is 0 Å². The Bertz CT molecular complexity index is 805. The van der Waals surface area contributed by atoms with Gasteiger partial charge in [-0.25, -0.2) is 14.8 Å². The molecule has 0 bridgehead atoms. The first-order valence-electron chi connectivity index (χ1n) is 8.78. The Kier molecular flexibility index (Phi) is 5.58. The lowest BCUT2D eigenvalue weighted by Crippen LogP contribution is -2.39. The molecule has 0 radical (unpaired) electrons. The second-order valence-electron chi connectivity index (χ2n) is 6.28. The standard InChI is InChI=1S/C19H22N4O3/c1-2-4-13-6-7-17(20-10-13)22-19(26)23-8-3-5-14-9-15(11-24)16(12-25)21-18(14)23/h6-7,9-10,12,24H,2-5,8,11H2,1H3,(H,20,22,26). The van der Waals surface area contributed by atoms with E-state index in [1.807, 2.05) is 6.07 Å². The lowest BCUT2D eigenvalue weighted by atomic mass is 10.0. The molecule has 2 N–H and O–H groups in total. The van der Waals surface area contributed by atoms with Crippen LogP contribution >= 0.6 is 0 Å². The summed E-state index contributed by atoms with van der Waals surface area (Å²) in [4.78, 5) is 34.0. The van der Waals surface area contributed by atoms with Gasteiger partial charge in [0.25, 0.3) is 0 Å². The van der Waals surface area contributed by atoms with Crippen molar-refractivity contribution in [1.82, 2.24) is 9.97 Å². The largest absolute Gasteiger partial charge is 0.392 e. The highest BCUT2D eigenvalue weighted by molar-refractivity contribution is 6.01. The average molecular weight is 354 g/mol. The van der Waals surface area contributed by atoms with Crippen LogP contribution in [0, 0.1) is 0 Å². The van der Waals surface area contributed by atoms with E-state index >= 15 is 0 Å². The number of urea groups is 1. The Hall–Kier alpha value is -2.80. The summed E-state index contributed by atoms with van der Waals surface area (Å²) in [7, 11) is 0. The predicted molar refractivity (Wildman–Crippen MR) is 98.5 cm³/mol. The third kappa shape index (κ3) is 3.72. The second kappa shape index (κ2) is 8.05. The molecule has 2 aromatic heterocycles. The maximum absolute atomic E-state index is 12.7. The van der Waals surface area contributed by atoms with Gasteiger partial charge in [0.15, 0.2) is 6.29 Å². The van der Waals surface area contributed by atoms with Gasteiger partial charge in [0.2, 0.25) is 0 Å². The van der Waals surface area contributed by atoms with E-state index in [4.69, 9.17) is 0 Å². The van der Waals surface area contributed by atoms with E-state index in [9.17, 15) is 14.7 Å². The van der Waals surface area contributed by atoms with Gasteiger partial charge in [-0.15, -0.1) is 0 Å². The third-order valence-corrected chi connectivity index (χ3v) is 4.40. The smallest absolute Gasteiger partial charge is 0.328 e. The number of nitrogens with zero attached hydrogens (tertiary/aromatic N) is 3. The van der Waals surface area contributed by atoms with E-state index in [-0.39, 0.29) is 18.3 Å². The molecule has 136 valence electrons. The van der Waals surface area contributed by atoms with Gasteiger partial charge >= 0.3 is 6.03 Å². The summed E-state index contributed by atoms with van der Waals surface area (Å²) in [6.45, 7) is 2.36. The first-order chi connectivity index (χ1) is 12.7. The summed E-state index contributed by atoms with van der Waals surface area (Å²) < 4.78 is 0. The van der Waals surface area contributed by atoms with Gasteiger partial charge in [-0.3, -0.25) is 15.0 Å². The monoisotopic (exact) mass is 354 g/mol. The van der Waals surface area contributed by atoms with Gasteiger partial charge in [-0.2, -0.15) is 0 Å². The molecule has 26 heavy (non-hydrogen) atoms. The van der Waals surface area contributed by atoms with Crippen molar-refractivity contribution in [2.75, 3.05) is 16.8 Å². The van der Waals surface area contributed by atoms with Gasteiger partial charge < -0.3 is 5.11 Å². The molecule has 0 saturated carbocycles. The number of aliphatic hydroxyl groups is 1. The molecule has 0 aromatic carbocycles. The number of nitrogens with one attached hydrogen (secondary N) is 1. The zero-order valence-corrected chi connectivity index (χ0v) is 14.7. The first kappa shape index (κ1) is 18.0. The van der Waals surface area contributed by atoms with Crippen molar-refractivity contribution in [1.29, 1.82) is 0 Å². The van der Waals surface area contributed by atoms with E-state index in [2.05, 4.69) is 22.2 Å². The Labute approximate surface area is 152 Å². The lowest BCUT2D eigenvalue weighted by Gasteiger charge is -2.29. The summed E-state index contributed by atoms with van der Waals surface area (Å²) in [6, 6.07) is 5.16. The molecule has 0 spiro atoms. The molecule has 3 rings (SSSR count). The van der Waals surface area contributed by atoms with Crippen LogP contribution in [0.4, 0.5) is 16.4 Å². The van der Waals surface area contributed by atoms with E-state index in [0.29, 0.717) is 30.0 Å². The summed E-state index contributed by atoms with van der Waals surface area (Å²) >= 11 is 0. The lowest BCUT2D eigenvalue weighted by molar-refractivity contribution is 0.111. The molecule has 0 aliphatic carbocycles. The van der Waals surface area contributed by atoms with Gasteiger partial charge in [-0.05, 0) is 42.5 Å². The molecule has 1 aliphatic heterocycles. The van der Waals surface area contributed by atoms with Crippen LogP contribution in [0.3, 0.4) is 0 Å². The zero-order chi connectivity index (χ0) is 18.5. The Morgan fingerprint density at radius 2 is 2.27 bits per heavy atom. The number of hydrogen-bond acceptors (Lipinski definition) is 5. The normalized spacial score (nSPS) is 13.2. The Balaban J connectivity index is 1.82. The number of amides is 2. The van der Waals surface area contributed by atoms with Crippen molar-refractivity contribution >= 4 is 24.0 Å². The minimum Gasteiger partial charge on any atom is -0.392 e. The van der Waals surface area contributed by atoms with Crippen molar-refractivity contribution < 1.29 is 14.7 Å². The molecule has 0 fully saturated rings. The summed E-state index contributed by atoms with van der Waals surface area (Å²) in [5, 5.41) is 12.2. The summed E-state index contributed by atoms with van der Waals surface area (Å²) in [5.41, 5.74) is 2.62. The Morgan fingerprint density at radius 1 is 1.42 bits per heavy atom. The second-order valence-corrected chi connectivity index (χ2v) is 6.28.